The molecule has 2 amide bonds. The average molecular weight is 475 g/mol. The number of benzene rings is 3. The molecule has 0 unspecified atom stereocenters. The van der Waals surface area contributed by atoms with Crippen LogP contribution in [-0.4, -0.2) is 35.1 Å². The van der Waals surface area contributed by atoms with Gasteiger partial charge in [-0.3, -0.25) is 4.79 Å². The number of piperidine rings is 1. The van der Waals surface area contributed by atoms with E-state index in [4.69, 9.17) is 15.6 Å². The summed E-state index contributed by atoms with van der Waals surface area (Å²) in [5.74, 6) is 0.973. The Bertz CT molecular complexity index is 1060. The molecule has 6 heteroatoms. The number of carbonyl (C=O) groups excluding carboxylic acids is 1. The van der Waals surface area contributed by atoms with Crippen LogP contribution >= 0.6 is 0 Å². The number of nitrogens with two attached hydrogens (primary N) is 1. The zero-order valence-corrected chi connectivity index (χ0v) is 20.2. The van der Waals surface area contributed by atoms with Crippen molar-refractivity contribution in [3.05, 3.63) is 101 Å². The second-order valence-electron chi connectivity index (χ2n) is 8.90. The number of aryl methyl sites for hydroxylation is 2. The van der Waals surface area contributed by atoms with Gasteiger partial charge in [-0.2, -0.15) is 0 Å². The molecule has 0 bridgehead atoms. The number of hydrogen-bond donors (Lipinski definition) is 2. The number of likely N-dealkylation sites (tertiary alicyclic amines) is 1. The summed E-state index contributed by atoms with van der Waals surface area (Å²) in [5.41, 5.74) is 9.43. The summed E-state index contributed by atoms with van der Waals surface area (Å²) in [6.07, 6.45) is 3.54. The first-order valence-corrected chi connectivity index (χ1v) is 12.0. The van der Waals surface area contributed by atoms with Gasteiger partial charge in [0.25, 0.3) is 0 Å². The molecule has 0 atom stereocenters. The van der Waals surface area contributed by atoms with Crippen molar-refractivity contribution in [2.75, 3.05) is 13.1 Å². The van der Waals surface area contributed by atoms with Crippen LogP contribution in [0.2, 0.25) is 0 Å². The highest BCUT2D eigenvalue weighted by Crippen LogP contribution is 2.22. The van der Waals surface area contributed by atoms with Crippen molar-refractivity contribution in [3.8, 4) is 5.75 Å². The summed E-state index contributed by atoms with van der Waals surface area (Å²) in [5, 5.41) is 8.88. The Morgan fingerprint density at radius 2 is 1.54 bits per heavy atom. The van der Waals surface area contributed by atoms with Crippen LogP contribution in [0.15, 0.2) is 78.9 Å². The van der Waals surface area contributed by atoms with Gasteiger partial charge < -0.3 is 20.5 Å². The molecule has 184 valence electrons. The highest BCUT2D eigenvalue weighted by molar-refractivity contribution is 5.92. The third-order valence-corrected chi connectivity index (χ3v) is 6.23. The van der Waals surface area contributed by atoms with Crippen LogP contribution < -0.4 is 10.5 Å². The molecule has 0 radical (unpaired) electrons. The number of carboxylic acid groups (broad SMARTS) is 1. The van der Waals surface area contributed by atoms with Crippen molar-refractivity contribution in [3.63, 3.8) is 0 Å². The fourth-order valence-electron chi connectivity index (χ4n) is 3.99. The van der Waals surface area contributed by atoms with E-state index in [-0.39, 0.29) is 0 Å². The first-order valence-electron chi connectivity index (χ1n) is 12.0. The predicted octanol–water partition coefficient (Wildman–Crippen LogP) is 5.68. The Morgan fingerprint density at radius 3 is 2.11 bits per heavy atom. The Morgan fingerprint density at radius 1 is 0.914 bits per heavy atom. The van der Waals surface area contributed by atoms with Gasteiger partial charge in [-0.15, -0.1) is 0 Å². The molecule has 1 aliphatic rings. The van der Waals surface area contributed by atoms with Crippen LogP contribution in [0.4, 0.5) is 4.79 Å². The largest absolute Gasteiger partial charge is 0.489 e. The second kappa shape index (κ2) is 13.2. The maximum absolute atomic E-state index is 10.9. The van der Waals surface area contributed by atoms with Crippen LogP contribution in [0.25, 0.3) is 0 Å². The first kappa shape index (κ1) is 25.8. The summed E-state index contributed by atoms with van der Waals surface area (Å²) in [4.78, 5) is 23.2. The van der Waals surface area contributed by atoms with Gasteiger partial charge in [-0.05, 0) is 73.9 Å². The van der Waals surface area contributed by atoms with Crippen molar-refractivity contribution < 1.29 is 19.4 Å². The number of primary amides is 1. The normalized spacial score (nSPS) is 13.5. The molecule has 0 spiro atoms. The molecule has 3 aromatic carbocycles. The van der Waals surface area contributed by atoms with E-state index in [1.807, 2.05) is 30.3 Å². The van der Waals surface area contributed by atoms with Gasteiger partial charge in [0.1, 0.15) is 12.4 Å². The number of carbonyl (C=O) groups is 2. The summed E-state index contributed by atoms with van der Waals surface area (Å²) < 4.78 is 5.57. The summed E-state index contributed by atoms with van der Waals surface area (Å²) in [7, 11) is 0. The molecule has 1 saturated heterocycles. The van der Waals surface area contributed by atoms with Gasteiger partial charge in [0.05, 0.1) is 0 Å². The van der Waals surface area contributed by atoms with E-state index >= 15 is 0 Å². The topological polar surface area (TPSA) is 92.9 Å². The van der Waals surface area contributed by atoms with Crippen molar-refractivity contribution in [1.82, 2.24) is 4.90 Å². The summed E-state index contributed by atoms with van der Waals surface area (Å²) >= 11 is 0. The smallest absolute Gasteiger partial charge is 0.407 e. The lowest BCUT2D eigenvalue weighted by molar-refractivity contribution is 0.1000. The van der Waals surface area contributed by atoms with E-state index in [0.717, 1.165) is 30.6 Å². The van der Waals surface area contributed by atoms with Gasteiger partial charge >= 0.3 is 6.09 Å². The van der Waals surface area contributed by atoms with Gasteiger partial charge in [0, 0.05) is 18.7 Å². The standard InChI is InChI=1S/C15H21NO2.C14H13NO2/c1-12-2-4-13(5-3-12)6-7-14-8-10-16(11-9-14)15(17)18;15-14(16)12-6-8-13(9-7-12)17-10-11-4-2-1-3-5-11/h2-5,14H,6-11H2,1H3,(H,17,18);1-9H,10H2,(H2,15,16). The Balaban J connectivity index is 0.000000196. The highest BCUT2D eigenvalue weighted by atomic mass is 16.5. The van der Waals surface area contributed by atoms with E-state index in [0.29, 0.717) is 31.2 Å². The fraction of sp³-hybridized carbons (Fsp3) is 0.310. The second-order valence-corrected chi connectivity index (χ2v) is 8.90. The third-order valence-electron chi connectivity index (χ3n) is 6.23. The monoisotopic (exact) mass is 474 g/mol. The molecule has 35 heavy (non-hydrogen) atoms. The lowest BCUT2D eigenvalue weighted by Crippen LogP contribution is -2.37. The number of ether oxygens (including phenoxy) is 1. The van der Waals surface area contributed by atoms with Crippen LogP contribution in [-0.2, 0) is 13.0 Å². The molecule has 6 nitrogen and oxygen atoms in total. The fourth-order valence-corrected chi connectivity index (χ4v) is 3.99. The van der Waals surface area contributed by atoms with E-state index in [1.165, 1.54) is 22.4 Å². The summed E-state index contributed by atoms with van der Waals surface area (Å²) in [6.45, 7) is 4.02. The minimum Gasteiger partial charge on any atom is -0.489 e. The van der Waals surface area contributed by atoms with Crippen LogP contribution in [0, 0.1) is 12.8 Å². The van der Waals surface area contributed by atoms with Gasteiger partial charge in [-0.1, -0.05) is 60.2 Å². The average Bonchev–Trinajstić information content (AvgIpc) is 2.88. The van der Waals surface area contributed by atoms with E-state index in [2.05, 4.69) is 31.2 Å². The zero-order valence-electron chi connectivity index (χ0n) is 20.2. The molecule has 4 rings (SSSR count). The molecular formula is C29H34N2O4. The number of hydrogen-bond acceptors (Lipinski definition) is 3. The van der Waals surface area contributed by atoms with Crippen molar-refractivity contribution in [2.45, 2.75) is 39.2 Å². The van der Waals surface area contributed by atoms with Crippen LogP contribution in [0.3, 0.4) is 0 Å². The van der Waals surface area contributed by atoms with Crippen LogP contribution in [0.1, 0.15) is 46.3 Å². The molecule has 0 aromatic heterocycles. The number of rotatable bonds is 7. The molecule has 1 fully saturated rings. The van der Waals surface area contributed by atoms with E-state index < -0.39 is 12.0 Å². The lowest BCUT2D eigenvalue weighted by Gasteiger charge is -2.29. The molecule has 0 aliphatic carbocycles. The Hall–Kier alpha value is -3.80. The van der Waals surface area contributed by atoms with Gasteiger partial charge in [0.15, 0.2) is 0 Å². The van der Waals surface area contributed by atoms with Gasteiger partial charge in [0.2, 0.25) is 5.91 Å². The highest BCUT2D eigenvalue weighted by Gasteiger charge is 2.21. The molecule has 1 heterocycles. The minimum atomic E-state index is -0.771. The quantitative estimate of drug-likeness (QED) is 0.461. The Kier molecular flexibility index (Phi) is 9.72. The third kappa shape index (κ3) is 8.81. The SMILES string of the molecule is Cc1ccc(CCC2CCN(C(=O)O)CC2)cc1.NC(=O)c1ccc(OCc2ccccc2)cc1. The zero-order chi connectivity index (χ0) is 25.0. The number of amides is 2. The van der Waals surface area contributed by atoms with Crippen molar-refractivity contribution >= 4 is 12.0 Å². The van der Waals surface area contributed by atoms with E-state index in [1.54, 1.807) is 24.3 Å². The van der Waals surface area contributed by atoms with Gasteiger partial charge in [-0.25, -0.2) is 4.79 Å². The molecule has 1 aliphatic heterocycles. The maximum atomic E-state index is 10.9. The minimum absolute atomic E-state index is 0.431. The molecule has 0 saturated carbocycles. The summed E-state index contributed by atoms with van der Waals surface area (Å²) in [6, 6.07) is 25.4. The van der Waals surface area contributed by atoms with Crippen molar-refractivity contribution in [1.29, 1.82) is 0 Å². The molecule has 3 N–H and O–H groups in total. The van der Waals surface area contributed by atoms with Crippen LogP contribution in [0.5, 0.6) is 5.75 Å². The Labute approximate surface area is 207 Å². The maximum Gasteiger partial charge on any atom is 0.407 e. The first-order chi connectivity index (χ1) is 16.9. The molecular weight excluding hydrogens is 440 g/mol. The molecule has 3 aromatic rings. The van der Waals surface area contributed by atoms with E-state index in [9.17, 15) is 9.59 Å². The number of nitrogens with zero attached hydrogens (tertiary/aromatic N) is 1. The van der Waals surface area contributed by atoms with Crippen molar-refractivity contribution in [2.24, 2.45) is 11.7 Å². The predicted molar refractivity (Wildman–Crippen MR) is 138 cm³/mol. The lowest BCUT2D eigenvalue weighted by atomic mass is 9.90.